The molecule has 0 bridgehead atoms. The molecule has 4 aromatic heterocycles. The zero-order valence-electron chi connectivity index (χ0n) is 29.7. The molecule has 0 aliphatic rings. The molecule has 8 heteroatoms. The van der Waals surface area contributed by atoms with Gasteiger partial charge in [0.05, 0.1) is 20.4 Å². The summed E-state index contributed by atoms with van der Waals surface area (Å²) >= 11 is 1.60. The third-order valence-corrected chi connectivity index (χ3v) is 10.8. The van der Waals surface area contributed by atoms with Crippen molar-refractivity contribution in [2.24, 2.45) is 0 Å². The van der Waals surface area contributed by atoms with Gasteiger partial charge in [0.2, 0.25) is 0 Å². The number of hydrogen-bond acceptors (Lipinski definition) is 6. The van der Waals surface area contributed by atoms with Gasteiger partial charge in [-0.3, -0.25) is 9.08 Å². The molecule has 7 nitrogen and oxygen atoms in total. The number of benzene rings is 5. The number of methoxy groups -OCH3 is 2. The maximum absolute atomic E-state index is 5.75. The van der Waals surface area contributed by atoms with E-state index in [9.17, 15) is 0 Å². The molecule has 0 saturated carbocycles. The Balaban J connectivity index is 1.36. The van der Waals surface area contributed by atoms with Crippen LogP contribution in [0.5, 0.6) is 11.5 Å². The van der Waals surface area contributed by atoms with Crippen molar-refractivity contribution >= 4 is 17.0 Å². The van der Waals surface area contributed by atoms with Crippen LogP contribution in [0.1, 0.15) is 16.7 Å². The summed E-state index contributed by atoms with van der Waals surface area (Å²) in [5, 5.41) is 8.58. The van der Waals surface area contributed by atoms with Crippen molar-refractivity contribution in [2.45, 2.75) is 5.54 Å². The van der Waals surface area contributed by atoms with Gasteiger partial charge in [0, 0.05) is 40.7 Å². The van der Waals surface area contributed by atoms with E-state index in [-0.39, 0.29) is 0 Å². The van der Waals surface area contributed by atoms with Gasteiger partial charge in [-0.25, -0.2) is 9.97 Å². The predicted molar refractivity (Wildman–Crippen MR) is 216 cm³/mol. The molecule has 0 atom stereocenters. The van der Waals surface area contributed by atoms with Crippen LogP contribution in [0, 0.1) is 0 Å². The van der Waals surface area contributed by atoms with E-state index in [2.05, 4.69) is 160 Å². The maximum atomic E-state index is 5.75. The number of pyridine rings is 1. The molecule has 9 aromatic rings. The number of fused-ring (bicyclic) bond motifs is 1. The highest BCUT2D eigenvalue weighted by molar-refractivity contribution is 7.13. The second-order valence-electron chi connectivity index (χ2n) is 12.9. The maximum Gasteiger partial charge on any atom is 0.161 e. The quantitative estimate of drug-likeness (QED) is 0.132. The van der Waals surface area contributed by atoms with Crippen molar-refractivity contribution < 1.29 is 9.47 Å². The molecule has 0 spiro atoms. The average molecular weight is 722 g/mol. The van der Waals surface area contributed by atoms with Crippen LogP contribution in [0.3, 0.4) is 0 Å². The highest BCUT2D eigenvalue weighted by Crippen LogP contribution is 2.45. The number of aromatic nitrogens is 5. The summed E-state index contributed by atoms with van der Waals surface area (Å²) in [5.41, 5.74) is 10.0. The van der Waals surface area contributed by atoms with E-state index in [1.807, 2.05) is 29.9 Å². The molecule has 0 fully saturated rings. The first-order chi connectivity index (χ1) is 26.7. The van der Waals surface area contributed by atoms with Gasteiger partial charge in [0.15, 0.2) is 11.5 Å². The van der Waals surface area contributed by atoms with Crippen LogP contribution < -0.4 is 9.47 Å². The molecule has 4 heterocycles. The number of thiazole rings is 1. The molecule has 262 valence electrons. The van der Waals surface area contributed by atoms with Crippen molar-refractivity contribution in [3.05, 3.63) is 192 Å². The molecule has 0 radical (unpaired) electrons. The van der Waals surface area contributed by atoms with E-state index in [0.29, 0.717) is 11.5 Å². The van der Waals surface area contributed by atoms with Gasteiger partial charge in [-0.2, -0.15) is 5.10 Å². The fourth-order valence-corrected chi connectivity index (χ4v) is 8.13. The zero-order valence-corrected chi connectivity index (χ0v) is 30.5. The number of nitrogens with zero attached hydrogens (tertiary/aromatic N) is 5. The molecule has 0 unspecified atom stereocenters. The van der Waals surface area contributed by atoms with Gasteiger partial charge in [0.1, 0.15) is 27.6 Å². The molecule has 54 heavy (non-hydrogen) atoms. The summed E-state index contributed by atoms with van der Waals surface area (Å²) in [5.74, 6) is 1.33. The molecule has 0 aliphatic carbocycles. The molecular formula is C46H35N5O2S. The molecule has 9 rings (SSSR count). The number of imidazole rings is 1. The lowest BCUT2D eigenvalue weighted by Gasteiger charge is -2.36. The molecule has 5 aromatic carbocycles. The van der Waals surface area contributed by atoms with Crippen molar-refractivity contribution in [1.29, 1.82) is 0 Å². The van der Waals surface area contributed by atoms with Gasteiger partial charge in [-0.05, 0) is 52.1 Å². The third kappa shape index (κ3) is 5.55. The van der Waals surface area contributed by atoms with Crippen LogP contribution in [0.2, 0.25) is 0 Å². The van der Waals surface area contributed by atoms with Crippen molar-refractivity contribution in [1.82, 2.24) is 24.1 Å². The van der Waals surface area contributed by atoms with Crippen molar-refractivity contribution in [3.63, 3.8) is 0 Å². The molecular weight excluding hydrogens is 687 g/mol. The Kier molecular flexibility index (Phi) is 8.57. The first-order valence-electron chi connectivity index (χ1n) is 17.6. The van der Waals surface area contributed by atoms with Gasteiger partial charge in [0.25, 0.3) is 0 Å². The van der Waals surface area contributed by atoms with E-state index >= 15 is 0 Å². The summed E-state index contributed by atoms with van der Waals surface area (Å²) in [6, 6.07) is 50.6. The number of hydrogen-bond donors (Lipinski definition) is 0. The second-order valence-corrected chi connectivity index (χ2v) is 13.8. The van der Waals surface area contributed by atoms with Crippen LogP contribution in [0.4, 0.5) is 0 Å². The molecule has 0 amide bonds. The molecule has 0 aliphatic heterocycles. The predicted octanol–water partition coefficient (Wildman–Crippen LogP) is 10.5. The Morgan fingerprint density at radius 3 is 1.80 bits per heavy atom. The lowest BCUT2D eigenvalue weighted by Crippen LogP contribution is -2.38. The second kappa shape index (κ2) is 14.0. The Morgan fingerprint density at radius 2 is 1.19 bits per heavy atom. The summed E-state index contributed by atoms with van der Waals surface area (Å²) in [6.07, 6.45) is 8.07. The van der Waals surface area contributed by atoms with Gasteiger partial charge in [-0.15, -0.1) is 11.3 Å². The van der Waals surface area contributed by atoms with Crippen molar-refractivity contribution in [3.8, 4) is 55.7 Å². The van der Waals surface area contributed by atoms with E-state index in [4.69, 9.17) is 19.6 Å². The van der Waals surface area contributed by atoms with E-state index in [1.54, 1.807) is 25.6 Å². The van der Waals surface area contributed by atoms with E-state index < -0.39 is 5.54 Å². The first kappa shape index (κ1) is 33.1. The largest absolute Gasteiger partial charge is 0.493 e. The minimum atomic E-state index is -0.819. The van der Waals surface area contributed by atoms with Crippen LogP contribution in [-0.4, -0.2) is 38.4 Å². The smallest absolute Gasteiger partial charge is 0.161 e. The summed E-state index contributed by atoms with van der Waals surface area (Å²) < 4.78 is 15.6. The van der Waals surface area contributed by atoms with Crippen LogP contribution in [0.25, 0.3) is 49.9 Å². The lowest BCUT2D eigenvalue weighted by molar-refractivity contribution is 0.355. The third-order valence-electron chi connectivity index (χ3n) is 9.98. The Morgan fingerprint density at radius 1 is 0.574 bits per heavy atom. The normalized spacial score (nSPS) is 11.5. The standard InChI is InChI=1S/C46H35N5O2S/c1-52-41-24-22-32(28-42(41)53-2)37-20-12-13-21-38(37)44-39(33-23-25-43-48-29-40(50(43)30-33)45-47-26-27-54-45)31-51(49-44)46(34-14-6-3-7-15-34,35-16-8-4-9-17-35)36-18-10-5-11-19-36/h3-31H,1-2H3. The SMILES string of the molecule is COc1ccc(-c2ccccc2-c2nn(C(c3ccccc3)(c3ccccc3)c3ccccc3)cc2-c2ccc3ncc(-c4nccs4)n3c2)cc1OC. The van der Waals surface area contributed by atoms with Gasteiger partial charge < -0.3 is 9.47 Å². The highest BCUT2D eigenvalue weighted by atomic mass is 32.1. The monoisotopic (exact) mass is 721 g/mol. The first-order valence-corrected chi connectivity index (χ1v) is 18.5. The fraction of sp³-hybridized carbons (Fsp3) is 0.0652. The lowest BCUT2D eigenvalue weighted by atomic mass is 9.77. The fourth-order valence-electron chi connectivity index (χ4n) is 7.48. The zero-order chi connectivity index (χ0) is 36.5. The van der Waals surface area contributed by atoms with Crippen LogP contribution in [0.15, 0.2) is 176 Å². The average Bonchev–Trinajstić information content (AvgIpc) is 4.03. The van der Waals surface area contributed by atoms with Gasteiger partial charge in [-0.1, -0.05) is 121 Å². The number of rotatable bonds is 10. The topological polar surface area (TPSA) is 66.5 Å². The molecule has 0 saturated heterocycles. The van der Waals surface area contributed by atoms with E-state index in [0.717, 1.165) is 66.6 Å². The number of ether oxygens (including phenoxy) is 2. The van der Waals surface area contributed by atoms with Crippen LogP contribution in [-0.2, 0) is 5.54 Å². The van der Waals surface area contributed by atoms with Crippen LogP contribution >= 0.6 is 11.3 Å². The Bertz CT molecular complexity index is 2590. The summed E-state index contributed by atoms with van der Waals surface area (Å²) in [4.78, 5) is 9.33. The Labute approximate surface area is 317 Å². The summed E-state index contributed by atoms with van der Waals surface area (Å²) in [7, 11) is 3.32. The van der Waals surface area contributed by atoms with E-state index in [1.165, 1.54) is 0 Å². The minimum Gasteiger partial charge on any atom is -0.493 e. The molecule has 0 N–H and O–H groups in total. The van der Waals surface area contributed by atoms with Crippen molar-refractivity contribution in [2.75, 3.05) is 14.2 Å². The van der Waals surface area contributed by atoms with Gasteiger partial charge >= 0.3 is 0 Å². The minimum absolute atomic E-state index is 0.659. The summed E-state index contributed by atoms with van der Waals surface area (Å²) in [6.45, 7) is 0. The highest BCUT2D eigenvalue weighted by Gasteiger charge is 2.40. The Hall–Kier alpha value is -6.77.